The van der Waals surface area contributed by atoms with Gasteiger partial charge in [0.1, 0.15) is 0 Å². The maximum atomic E-state index is 13.6. The summed E-state index contributed by atoms with van der Waals surface area (Å²) in [5, 5.41) is 10.7. The van der Waals surface area contributed by atoms with E-state index in [1.807, 2.05) is 43.3 Å². The van der Waals surface area contributed by atoms with Crippen molar-refractivity contribution in [3.05, 3.63) is 82.9 Å². The zero-order chi connectivity index (χ0) is 25.5. The maximum absolute atomic E-state index is 13.6. The Labute approximate surface area is 217 Å². The van der Waals surface area contributed by atoms with Crippen LogP contribution in [0.1, 0.15) is 30.9 Å². The monoisotopic (exact) mass is 510 g/mol. The van der Waals surface area contributed by atoms with E-state index in [2.05, 4.69) is 35.2 Å². The van der Waals surface area contributed by atoms with Gasteiger partial charge >= 0.3 is 6.09 Å². The van der Waals surface area contributed by atoms with Crippen molar-refractivity contribution in [3.8, 4) is 22.3 Å². The number of carbonyl (C=O) groups excluding carboxylic acids is 1. The summed E-state index contributed by atoms with van der Waals surface area (Å²) < 4.78 is 18.5. The van der Waals surface area contributed by atoms with Gasteiger partial charge in [-0.05, 0) is 51.9 Å². The number of amides is 1. The molecular weight excluding hydrogens is 479 g/mol. The minimum absolute atomic E-state index is 0.0488. The number of carbonyl (C=O) groups is 1. The quantitative estimate of drug-likeness (QED) is 0.375. The van der Waals surface area contributed by atoms with Crippen LogP contribution >= 0.6 is 11.6 Å². The third kappa shape index (κ3) is 6.44. The van der Waals surface area contributed by atoms with E-state index in [0.717, 1.165) is 39.9 Å². The summed E-state index contributed by atoms with van der Waals surface area (Å²) in [6.07, 6.45) is -1.24. The van der Waals surface area contributed by atoms with Crippen molar-refractivity contribution < 1.29 is 19.0 Å². The van der Waals surface area contributed by atoms with E-state index < -0.39 is 12.5 Å². The van der Waals surface area contributed by atoms with Gasteiger partial charge in [0.15, 0.2) is 0 Å². The largest absolute Gasteiger partial charge is 0.415 e. The highest BCUT2D eigenvalue weighted by Crippen LogP contribution is 2.36. The maximum Gasteiger partial charge on any atom is 0.412 e. The number of benzene rings is 3. The van der Waals surface area contributed by atoms with E-state index in [1.54, 1.807) is 4.90 Å². The van der Waals surface area contributed by atoms with Gasteiger partial charge in [-0.1, -0.05) is 73.1 Å². The smallest absolute Gasteiger partial charge is 0.412 e. The number of ether oxygens (including phenoxy) is 1. The molecule has 190 valence electrons. The highest BCUT2D eigenvalue weighted by Gasteiger charge is 2.24. The molecule has 7 heteroatoms. The predicted octanol–water partition coefficient (Wildman–Crippen LogP) is 6.52. The van der Waals surface area contributed by atoms with Gasteiger partial charge in [-0.15, -0.1) is 0 Å². The molecule has 0 spiro atoms. The SMILES string of the molecule is CCCC(F)OC(=O)N1CCN(Cc2ccc(-c3c(CO)cccc3-c3ccc(Cl)cc3)cc2)CC1. The van der Waals surface area contributed by atoms with Gasteiger partial charge in [-0.2, -0.15) is 0 Å². The Balaban J connectivity index is 1.42. The van der Waals surface area contributed by atoms with Gasteiger partial charge in [0.25, 0.3) is 0 Å². The Morgan fingerprint density at radius 1 is 1.00 bits per heavy atom. The van der Waals surface area contributed by atoms with Crippen LogP contribution in [0.15, 0.2) is 66.7 Å². The summed E-state index contributed by atoms with van der Waals surface area (Å²) >= 11 is 6.08. The first-order valence-corrected chi connectivity index (χ1v) is 12.8. The molecule has 0 bridgehead atoms. The average Bonchev–Trinajstić information content (AvgIpc) is 2.89. The van der Waals surface area contributed by atoms with E-state index in [1.165, 1.54) is 0 Å². The molecule has 5 nitrogen and oxygen atoms in total. The van der Waals surface area contributed by atoms with Gasteiger partial charge in [0.2, 0.25) is 6.36 Å². The van der Waals surface area contributed by atoms with Crippen molar-refractivity contribution >= 4 is 17.7 Å². The Morgan fingerprint density at radius 2 is 1.67 bits per heavy atom. The molecule has 0 aromatic heterocycles. The molecule has 1 unspecified atom stereocenters. The molecule has 36 heavy (non-hydrogen) atoms. The molecular formula is C29H32ClFN2O3. The van der Waals surface area contributed by atoms with Crippen molar-refractivity contribution in [3.63, 3.8) is 0 Å². The minimum Gasteiger partial charge on any atom is -0.415 e. The number of alkyl halides is 1. The third-order valence-electron chi connectivity index (χ3n) is 6.50. The molecule has 1 atom stereocenters. The summed E-state index contributed by atoms with van der Waals surface area (Å²) in [5.74, 6) is 0. The Kier molecular flexibility index (Phi) is 8.97. The lowest BCUT2D eigenvalue weighted by Gasteiger charge is -2.34. The molecule has 1 heterocycles. The number of hydrogen-bond donors (Lipinski definition) is 1. The third-order valence-corrected chi connectivity index (χ3v) is 6.75. The highest BCUT2D eigenvalue weighted by molar-refractivity contribution is 6.30. The van der Waals surface area contributed by atoms with Crippen molar-refractivity contribution in [2.24, 2.45) is 0 Å². The zero-order valence-corrected chi connectivity index (χ0v) is 21.3. The average molecular weight is 511 g/mol. The molecule has 1 aliphatic rings. The van der Waals surface area contributed by atoms with E-state index in [0.29, 0.717) is 37.6 Å². The summed E-state index contributed by atoms with van der Waals surface area (Å²) in [7, 11) is 0. The molecule has 1 fully saturated rings. The fourth-order valence-corrected chi connectivity index (χ4v) is 4.66. The summed E-state index contributed by atoms with van der Waals surface area (Å²) in [6, 6.07) is 22.1. The van der Waals surface area contributed by atoms with Crippen LogP contribution in [0.4, 0.5) is 9.18 Å². The molecule has 3 aromatic rings. The van der Waals surface area contributed by atoms with Crippen LogP contribution in [0.5, 0.6) is 0 Å². The standard InChI is InChI=1S/C29H32ClFN2O3/c1-2-4-27(31)36-29(35)33-17-15-32(16-18-33)19-21-7-9-23(10-8-21)28-24(20-34)5-3-6-26(28)22-11-13-25(30)14-12-22/h3,5-14,27,34H,2,4,15-20H2,1H3. The van der Waals surface area contributed by atoms with Crippen LogP contribution in [0.2, 0.25) is 5.02 Å². The van der Waals surface area contributed by atoms with Gasteiger partial charge in [-0.3, -0.25) is 4.90 Å². The van der Waals surface area contributed by atoms with Crippen molar-refractivity contribution in [2.75, 3.05) is 26.2 Å². The number of hydrogen-bond acceptors (Lipinski definition) is 4. The number of halogens is 2. The Bertz CT molecular complexity index is 1150. The zero-order valence-electron chi connectivity index (χ0n) is 20.5. The van der Waals surface area contributed by atoms with Crippen LogP contribution < -0.4 is 0 Å². The lowest BCUT2D eigenvalue weighted by molar-refractivity contribution is -0.0174. The Morgan fingerprint density at radius 3 is 2.31 bits per heavy atom. The van der Waals surface area contributed by atoms with Crippen molar-refractivity contribution in [1.29, 1.82) is 0 Å². The molecule has 3 aromatic carbocycles. The lowest BCUT2D eigenvalue weighted by atomic mass is 9.90. The molecule has 1 amide bonds. The molecule has 0 aliphatic carbocycles. The van der Waals surface area contributed by atoms with E-state index >= 15 is 0 Å². The van der Waals surface area contributed by atoms with E-state index in [-0.39, 0.29) is 13.0 Å². The number of aliphatic hydroxyl groups excluding tert-OH is 1. The van der Waals surface area contributed by atoms with Crippen LogP contribution in [0.25, 0.3) is 22.3 Å². The number of aliphatic hydroxyl groups is 1. The molecule has 1 saturated heterocycles. The second kappa shape index (κ2) is 12.3. The van der Waals surface area contributed by atoms with Crippen LogP contribution in [0.3, 0.4) is 0 Å². The summed E-state index contributed by atoms with van der Waals surface area (Å²) in [5.41, 5.74) is 6.16. The van der Waals surface area contributed by atoms with Gasteiger partial charge in [-0.25, -0.2) is 9.18 Å². The topological polar surface area (TPSA) is 53.0 Å². The van der Waals surface area contributed by atoms with Gasteiger partial charge in [0, 0.05) is 44.2 Å². The second-order valence-electron chi connectivity index (χ2n) is 9.05. The fourth-order valence-electron chi connectivity index (χ4n) is 4.54. The first-order chi connectivity index (χ1) is 17.5. The van der Waals surface area contributed by atoms with Gasteiger partial charge in [0.05, 0.1) is 6.61 Å². The first kappa shape index (κ1) is 26.1. The van der Waals surface area contributed by atoms with Crippen LogP contribution in [-0.4, -0.2) is 53.5 Å². The highest BCUT2D eigenvalue weighted by atomic mass is 35.5. The van der Waals surface area contributed by atoms with Crippen molar-refractivity contribution in [2.45, 2.75) is 39.3 Å². The lowest BCUT2D eigenvalue weighted by Crippen LogP contribution is -2.48. The van der Waals surface area contributed by atoms with E-state index in [9.17, 15) is 14.3 Å². The normalized spacial score (nSPS) is 15.1. The molecule has 0 saturated carbocycles. The number of nitrogens with zero attached hydrogens (tertiary/aromatic N) is 2. The summed E-state index contributed by atoms with van der Waals surface area (Å²) in [6.45, 7) is 5.01. The number of rotatable bonds is 8. The first-order valence-electron chi connectivity index (χ1n) is 12.4. The van der Waals surface area contributed by atoms with Crippen molar-refractivity contribution in [1.82, 2.24) is 9.80 Å². The Hall–Kier alpha value is -2.93. The molecule has 1 N–H and O–H groups in total. The van der Waals surface area contributed by atoms with Crippen LogP contribution in [-0.2, 0) is 17.9 Å². The van der Waals surface area contributed by atoms with Gasteiger partial charge < -0.3 is 14.7 Å². The predicted molar refractivity (Wildman–Crippen MR) is 141 cm³/mol. The second-order valence-corrected chi connectivity index (χ2v) is 9.48. The van der Waals surface area contributed by atoms with E-state index in [4.69, 9.17) is 16.3 Å². The minimum atomic E-state index is -1.53. The molecule has 4 rings (SSSR count). The molecule has 0 radical (unpaired) electrons. The molecule has 1 aliphatic heterocycles. The fraction of sp³-hybridized carbons (Fsp3) is 0.345. The van der Waals surface area contributed by atoms with Crippen LogP contribution in [0, 0.1) is 0 Å². The summed E-state index contributed by atoms with van der Waals surface area (Å²) in [4.78, 5) is 16.0. The number of piperazine rings is 1.